The Hall–Kier alpha value is -1.26. The molecule has 0 aliphatic rings. The van der Waals surface area contributed by atoms with Crippen LogP contribution in [0.15, 0.2) is 12.1 Å². The van der Waals surface area contributed by atoms with Gasteiger partial charge in [0, 0.05) is 12.6 Å². The highest BCUT2D eigenvalue weighted by Gasteiger charge is 2.16. The molecule has 4 nitrogen and oxygen atoms in total. The number of nitrogens with one attached hydrogen (secondary N) is 1. The van der Waals surface area contributed by atoms with Crippen molar-refractivity contribution in [3.63, 3.8) is 0 Å². The lowest BCUT2D eigenvalue weighted by Crippen LogP contribution is -2.18. The van der Waals surface area contributed by atoms with Gasteiger partial charge in [-0.25, -0.2) is 4.79 Å². The molecular formula is C9H7Cl2NO3. The summed E-state index contributed by atoms with van der Waals surface area (Å²) in [5.41, 5.74) is 0.0171. The van der Waals surface area contributed by atoms with Gasteiger partial charge in [-0.3, -0.25) is 4.79 Å². The van der Waals surface area contributed by atoms with Crippen LogP contribution in [0.4, 0.5) is 0 Å². The first-order valence-corrected chi connectivity index (χ1v) is 4.67. The summed E-state index contributed by atoms with van der Waals surface area (Å²) in [6.45, 7) is 0. The molecule has 0 aliphatic heterocycles. The van der Waals surface area contributed by atoms with Crippen LogP contribution in [0.1, 0.15) is 20.7 Å². The summed E-state index contributed by atoms with van der Waals surface area (Å²) < 4.78 is 0. The fourth-order valence-corrected chi connectivity index (χ4v) is 1.70. The van der Waals surface area contributed by atoms with E-state index in [1.54, 1.807) is 0 Å². The van der Waals surface area contributed by atoms with Crippen molar-refractivity contribution in [1.29, 1.82) is 0 Å². The molecule has 1 rings (SSSR count). The number of carbonyl (C=O) groups excluding carboxylic acids is 1. The van der Waals surface area contributed by atoms with Gasteiger partial charge < -0.3 is 10.4 Å². The molecule has 1 aromatic rings. The lowest BCUT2D eigenvalue weighted by Gasteiger charge is -2.05. The highest BCUT2D eigenvalue weighted by molar-refractivity contribution is 6.39. The van der Waals surface area contributed by atoms with Crippen LogP contribution in [-0.4, -0.2) is 24.0 Å². The van der Waals surface area contributed by atoms with Crippen LogP contribution >= 0.6 is 23.2 Å². The standard InChI is InChI=1S/C9H7Cl2NO3/c1-12-8(13)4-2-5(10)7(9(14)15)6(11)3-4/h2-3H,1H3,(H,12,13)(H,14,15). The van der Waals surface area contributed by atoms with E-state index in [4.69, 9.17) is 28.3 Å². The second-order valence-corrected chi connectivity index (χ2v) is 3.51. The van der Waals surface area contributed by atoms with E-state index in [1.807, 2.05) is 0 Å². The topological polar surface area (TPSA) is 66.4 Å². The molecule has 0 aliphatic carbocycles. The van der Waals surface area contributed by atoms with Crippen LogP contribution in [0.5, 0.6) is 0 Å². The van der Waals surface area contributed by atoms with Crippen LogP contribution in [0.2, 0.25) is 10.0 Å². The summed E-state index contributed by atoms with van der Waals surface area (Å²) in [6.07, 6.45) is 0. The highest BCUT2D eigenvalue weighted by Crippen LogP contribution is 2.26. The highest BCUT2D eigenvalue weighted by atomic mass is 35.5. The summed E-state index contributed by atoms with van der Waals surface area (Å²) in [4.78, 5) is 21.9. The zero-order chi connectivity index (χ0) is 11.6. The van der Waals surface area contributed by atoms with Gasteiger partial charge in [-0.1, -0.05) is 23.2 Å². The van der Waals surface area contributed by atoms with Crippen molar-refractivity contribution in [1.82, 2.24) is 5.32 Å². The predicted molar refractivity (Wildman–Crippen MR) is 56.8 cm³/mol. The molecule has 1 aromatic carbocycles. The number of carboxylic acid groups (broad SMARTS) is 1. The van der Waals surface area contributed by atoms with Gasteiger partial charge in [0.2, 0.25) is 0 Å². The van der Waals surface area contributed by atoms with Crippen molar-refractivity contribution in [2.24, 2.45) is 0 Å². The molecule has 0 atom stereocenters. The Balaban J connectivity index is 3.31. The molecule has 80 valence electrons. The van der Waals surface area contributed by atoms with E-state index in [0.29, 0.717) is 0 Å². The van der Waals surface area contributed by atoms with Gasteiger partial charge in [0.1, 0.15) is 0 Å². The molecule has 1 amide bonds. The van der Waals surface area contributed by atoms with Gasteiger partial charge in [-0.15, -0.1) is 0 Å². The van der Waals surface area contributed by atoms with Crippen molar-refractivity contribution < 1.29 is 14.7 Å². The van der Waals surface area contributed by atoms with Gasteiger partial charge in [-0.05, 0) is 12.1 Å². The molecular weight excluding hydrogens is 241 g/mol. The monoisotopic (exact) mass is 247 g/mol. The van der Waals surface area contributed by atoms with Crippen molar-refractivity contribution in [2.75, 3.05) is 7.05 Å². The Morgan fingerprint density at radius 1 is 1.27 bits per heavy atom. The Morgan fingerprint density at radius 3 is 2.07 bits per heavy atom. The normalized spacial score (nSPS) is 9.80. The van der Waals surface area contributed by atoms with Gasteiger partial charge >= 0.3 is 5.97 Å². The number of carbonyl (C=O) groups is 2. The Kier molecular flexibility index (Phi) is 3.55. The quantitative estimate of drug-likeness (QED) is 0.841. The number of carboxylic acids is 1. The zero-order valence-corrected chi connectivity index (χ0v) is 9.19. The van der Waals surface area contributed by atoms with Crippen LogP contribution in [0.3, 0.4) is 0 Å². The van der Waals surface area contributed by atoms with Gasteiger partial charge in [0.25, 0.3) is 5.91 Å². The first kappa shape index (κ1) is 11.8. The predicted octanol–water partition coefficient (Wildman–Crippen LogP) is 2.05. The average Bonchev–Trinajstić information content (AvgIpc) is 2.14. The number of amides is 1. The van der Waals surface area contributed by atoms with Gasteiger partial charge in [0.15, 0.2) is 0 Å². The van der Waals surface area contributed by atoms with Crippen LogP contribution in [-0.2, 0) is 0 Å². The third-order valence-electron chi connectivity index (χ3n) is 1.75. The largest absolute Gasteiger partial charge is 0.478 e. The summed E-state index contributed by atoms with van der Waals surface area (Å²) >= 11 is 11.4. The Labute approximate surface area is 95.8 Å². The maximum atomic E-state index is 11.2. The van der Waals surface area contributed by atoms with Crippen molar-refractivity contribution in [2.45, 2.75) is 0 Å². The molecule has 0 aromatic heterocycles. The maximum absolute atomic E-state index is 11.2. The van der Waals surface area contributed by atoms with E-state index in [9.17, 15) is 9.59 Å². The van der Waals surface area contributed by atoms with Crippen LogP contribution in [0.25, 0.3) is 0 Å². The smallest absolute Gasteiger partial charge is 0.338 e. The second-order valence-electron chi connectivity index (χ2n) is 2.70. The molecule has 0 spiro atoms. The van der Waals surface area contributed by atoms with Crippen molar-refractivity contribution in [3.05, 3.63) is 33.3 Å². The molecule has 0 saturated carbocycles. The summed E-state index contributed by atoms with van der Waals surface area (Å²) in [7, 11) is 1.45. The minimum atomic E-state index is -1.23. The molecule has 0 bridgehead atoms. The SMILES string of the molecule is CNC(=O)c1cc(Cl)c(C(=O)O)c(Cl)c1. The van der Waals surface area contributed by atoms with E-state index in [-0.39, 0.29) is 27.1 Å². The summed E-state index contributed by atoms with van der Waals surface area (Å²) in [5.74, 6) is -1.61. The summed E-state index contributed by atoms with van der Waals surface area (Å²) in [5, 5.41) is 11.0. The fourth-order valence-electron chi connectivity index (χ4n) is 1.05. The summed E-state index contributed by atoms with van der Waals surface area (Å²) in [6, 6.07) is 2.52. The van der Waals surface area contributed by atoms with Crippen molar-refractivity contribution >= 4 is 35.1 Å². The molecule has 2 N–H and O–H groups in total. The zero-order valence-electron chi connectivity index (χ0n) is 7.67. The molecule has 0 saturated heterocycles. The molecule has 6 heteroatoms. The maximum Gasteiger partial charge on any atom is 0.338 e. The van der Waals surface area contributed by atoms with Crippen LogP contribution in [0, 0.1) is 0 Å². The third-order valence-corrected chi connectivity index (χ3v) is 2.34. The number of hydrogen-bond acceptors (Lipinski definition) is 2. The fraction of sp³-hybridized carbons (Fsp3) is 0.111. The molecule has 0 fully saturated rings. The Bertz CT molecular complexity index is 408. The first-order valence-electron chi connectivity index (χ1n) is 3.91. The number of halogens is 2. The molecule has 0 heterocycles. The van der Waals surface area contributed by atoms with Gasteiger partial charge in [0.05, 0.1) is 15.6 Å². The van der Waals surface area contributed by atoms with E-state index in [2.05, 4.69) is 5.32 Å². The second kappa shape index (κ2) is 4.51. The van der Waals surface area contributed by atoms with Gasteiger partial charge in [-0.2, -0.15) is 0 Å². The van der Waals surface area contributed by atoms with Crippen LogP contribution < -0.4 is 5.32 Å². The first-order chi connectivity index (χ1) is 6.97. The Morgan fingerprint density at radius 2 is 1.73 bits per heavy atom. The average molecular weight is 248 g/mol. The lowest BCUT2D eigenvalue weighted by atomic mass is 10.1. The minimum Gasteiger partial charge on any atom is -0.478 e. The molecule has 15 heavy (non-hydrogen) atoms. The van der Waals surface area contributed by atoms with E-state index >= 15 is 0 Å². The number of aromatic carboxylic acids is 1. The van der Waals surface area contributed by atoms with E-state index < -0.39 is 5.97 Å². The van der Waals surface area contributed by atoms with E-state index in [1.165, 1.54) is 19.2 Å². The van der Waals surface area contributed by atoms with E-state index in [0.717, 1.165) is 0 Å². The minimum absolute atomic E-state index is 0.0615. The molecule has 0 unspecified atom stereocenters. The molecule has 0 radical (unpaired) electrons. The number of rotatable bonds is 2. The third kappa shape index (κ3) is 2.40. The number of hydrogen-bond donors (Lipinski definition) is 2. The number of benzene rings is 1. The van der Waals surface area contributed by atoms with Crippen molar-refractivity contribution in [3.8, 4) is 0 Å². The lowest BCUT2D eigenvalue weighted by molar-refractivity contribution is 0.0696.